The van der Waals surface area contributed by atoms with Crippen LogP contribution in [0.4, 0.5) is 8.78 Å². The van der Waals surface area contributed by atoms with Gasteiger partial charge in [0, 0.05) is 0 Å². The molecule has 1 aliphatic heterocycles. The second kappa shape index (κ2) is 3.15. The number of fused-ring (bicyclic) bond motifs is 1. The van der Waals surface area contributed by atoms with Crippen molar-refractivity contribution in [2.24, 2.45) is 0 Å². The number of halogens is 4. The second-order valence-corrected chi connectivity index (χ2v) is 3.44. The van der Waals surface area contributed by atoms with Gasteiger partial charge in [-0.15, -0.1) is 0 Å². The molecule has 0 aromatic heterocycles. The first kappa shape index (κ1) is 10.3. The van der Waals surface area contributed by atoms with Gasteiger partial charge in [-0.05, 0) is 0 Å². The number of carbonyl (C=O) groups is 2. The van der Waals surface area contributed by atoms with Crippen LogP contribution in [0.5, 0.6) is 0 Å². The Kier molecular flexibility index (Phi) is 2.17. The number of esters is 2. The van der Waals surface area contributed by atoms with E-state index in [1.54, 1.807) is 0 Å². The summed E-state index contributed by atoms with van der Waals surface area (Å²) in [6.07, 6.45) is 0. The lowest BCUT2D eigenvalue weighted by atomic mass is 10.1. The zero-order valence-corrected chi connectivity index (χ0v) is 8.25. The first-order valence-electron chi connectivity index (χ1n) is 3.57. The van der Waals surface area contributed by atoms with Gasteiger partial charge < -0.3 is 4.74 Å². The van der Waals surface area contributed by atoms with Crippen LogP contribution in [-0.4, -0.2) is 11.9 Å². The van der Waals surface area contributed by atoms with Gasteiger partial charge in [0.05, 0.1) is 15.6 Å². The van der Waals surface area contributed by atoms with E-state index in [2.05, 4.69) is 4.74 Å². The van der Waals surface area contributed by atoms with Crippen LogP contribution in [-0.2, 0) is 4.74 Å². The molecule has 15 heavy (non-hydrogen) atoms. The third-order valence-corrected chi connectivity index (χ3v) is 2.69. The number of rotatable bonds is 0. The smallest absolute Gasteiger partial charge is 0.350 e. The van der Waals surface area contributed by atoms with E-state index in [-0.39, 0.29) is 0 Å². The summed E-state index contributed by atoms with van der Waals surface area (Å²) in [5.74, 6) is -5.42. The van der Waals surface area contributed by atoms with Crippen LogP contribution in [0.1, 0.15) is 20.7 Å². The quantitative estimate of drug-likeness (QED) is 0.309. The topological polar surface area (TPSA) is 43.4 Å². The van der Waals surface area contributed by atoms with Crippen molar-refractivity contribution in [2.75, 3.05) is 0 Å². The van der Waals surface area contributed by atoms with Crippen molar-refractivity contribution in [3.8, 4) is 0 Å². The van der Waals surface area contributed by atoms with Crippen molar-refractivity contribution in [2.45, 2.75) is 0 Å². The standard InChI is InChI=1S/C8Cl2F2O3/c9-3-1-2(8(14)15-7(1)13)5(11)6(12)4(3)10. The predicted molar refractivity (Wildman–Crippen MR) is 46.1 cm³/mol. The molecule has 1 heterocycles. The fourth-order valence-electron chi connectivity index (χ4n) is 1.20. The number of hydrogen-bond acceptors (Lipinski definition) is 3. The molecule has 1 aromatic rings. The SMILES string of the molecule is O=C1OC(=O)c2c(Cl)c(Cl)c(F)c(F)c21. The zero-order valence-electron chi connectivity index (χ0n) is 6.74. The summed E-state index contributed by atoms with van der Waals surface area (Å²) >= 11 is 10.8. The molecule has 78 valence electrons. The summed E-state index contributed by atoms with van der Waals surface area (Å²) in [5, 5.41) is -1.28. The van der Waals surface area contributed by atoms with Gasteiger partial charge in [-0.25, -0.2) is 18.4 Å². The van der Waals surface area contributed by atoms with Gasteiger partial charge in [-0.3, -0.25) is 0 Å². The maximum Gasteiger partial charge on any atom is 0.350 e. The molecule has 0 spiro atoms. The Hall–Kier alpha value is -1.20. The minimum atomic E-state index is -1.53. The lowest BCUT2D eigenvalue weighted by Gasteiger charge is -2.02. The number of ether oxygens (including phenoxy) is 1. The highest BCUT2D eigenvalue weighted by Gasteiger charge is 2.39. The van der Waals surface area contributed by atoms with E-state index in [0.29, 0.717) is 0 Å². The lowest BCUT2D eigenvalue weighted by molar-refractivity contribution is 0.0442. The van der Waals surface area contributed by atoms with Gasteiger partial charge in [0.2, 0.25) is 0 Å². The molecule has 0 atom stereocenters. The van der Waals surface area contributed by atoms with Gasteiger partial charge in [0.25, 0.3) is 0 Å². The van der Waals surface area contributed by atoms with E-state index in [1.165, 1.54) is 0 Å². The molecule has 2 rings (SSSR count). The molecule has 0 fully saturated rings. The number of benzene rings is 1. The van der Waals surface area contributed by atoms with Crippen molar-refractivity contribution >= 4 is 35.1 Å². The molecule has 0 saturated carbocycles. The molecule has 0 bridgehead atoms. The molecule has 0 unspecified atom stereocenters. The molecule has 0 amide bonds. The first-order valence-corrected chi connectivity index (χ1v) is 4.33. The normalized spacial score (nSPS) is 14.1. The Morgan fingerprint density at radius 1 is 0.867 bits per heavy atom. The highest BCUT2D eigenvalue weighted by atomic mass is 35.5. The number of hydrogen-bond donors (Lipinski definition) is 0. The van der Waals surface area contributed by atoms with Gasteiger partial charge in [0.15, 0.2) is 11.6 Å². The van der Waals surface area contributed by atoms with Crippen LogP contribution < -0.4 is 0 Å². The Morgan fingerprint density at radius 2 is 1.40 bits per heavy atom. The highest BCUT2D eigenvalue weighted by molar-refractivity contribution is 6.45. The van der Waals surface area contributed by atoms with Crippen LogP contribution >= 0.6 is 23.2 Å². The van der Waals surface area contributed by atoms with Crippen molar-refractivity contribution in [1.29, 1.82) is 0 Å². The molecular formula is C8Cl2F2O3. The minimum Gasteiger partial charge on any atom is -0.386 e. The van der Waals surface area contributed by atoms with Crippen molar-refractivity contribution in [3.63, 3.8) is 0 Å². The molecule has 3 nitrogen and oxygen atoms in total. The largest absolute Gasteiger partial charge is 0.386 e. The summed E-state index contributed by atoms with van der Waals surface area (Å²) in [6.45, 7) is 0. The summed E-state index contributed by atoms with van der Waals surface area (Å²) in [6, 6.07) is 0. The molecular weight excluding hydrogens is 253 g/mol. The van der Waals surface area contributed by atoms with E-state index in [4.69, 9.17) is 23.2 Å². The fourth-order valence-corrected chi connectivity index (χ4v) is 1.63. The molecule has 0 aliphatic carbocycles. The third kappa shape index (κ3) is 1.23. The summed E-state index contributed by atoms with van der Waals surface area (Å²) in [7, 11) is 0. The van der Waals surface area contributed by atoms with Crippen LogP contribution in [0.3, 0.4) is 0 Å². The maximum atomic E-state index is 13.2. The summed E-state index contributed by atoms with van der Waals surface area (Å²) in [5.41, 5.74) is -1.35. The van der Waals surface area contributed by atoms with Crippen LogP contribution in [0.2, 0.25) is 10.0 Å². The lowest BCUT2D eigenvalue weighted by Crippen LogP contribution is -2.02. The number of carbonyl (C=O) groups excluding carboxylic acids is 2. The van der Waals surface area contributed by atoms with E-state index < -0.39 is 44.7 Å². The summed E-state index contributed by atoms with van der Waals surface area (Å²) < 4.78 is 30.3. The van der Waals surface area contributed by atoms with Gasteiger partial charge in [-0.1, -0.05) is 23.2 Å². The molecule has 1 aliphatic rings. The van der Waals surface area contributed by atoms with Gasteiger partial charge >= 0.3 is 11.9 Å². The Morgan fingerprint density at radius 3 is 2.00 bits per heavy atom. The maximum absolute atomic E-state index is 13.2. The van der Waals surface area contributed by atoms with E-state index in [0.717, 1.165) is 0 Å². The van der Waals surface area contributed by atoms with Crippen LogP contribution in [0, 0.1) is 11.6 Å². The Labute approximate surface area is 91.5 Å². The van der Waals surface area contributed by atoms with E-state index in [9.17, 15) is 18.4 Å². The number of cyclic esters (lactones) is 2. The average Bonchev–Trinajstić information content (AvgIpc) is 2.47. The van der Waals surface area contributed by atoms with Crippen LogP contribution in [0.25, 0.3) is 0 Å². The second-order valence-electron chi connectivity index (χ2n) is 2.68. The summed E-state index contributed by atoms with van der Waals surface area (Å²) in [4.78, 5) is 22.0. The Bertz CT molecular complexity index is 468. The Balaban J connectivity index is 2.92. The van der Waals surface area contributed by atoms with Crippen LogP contribution in [0.15, 0.2) is 0 Å². The molecule has 0 radical (unpaired) electrons. The molecule has 0 saturated heterocycles. The predicted octanol–water partition coefficient (Wildman–Crippen LogP) is 2.58. The van der Waals surface area contributed by atoms with Crippen molar-refractivity contribution in [1.82, 2.24) is 0 Å². The average molecular weight is 253 g/mol. The fraction of sp³-hybridized carbons (Fsp3) is 0. The van der Waals surface area contributed by atoms with E-state index >= 15 is 0 Å². The third-order valence-electron chi connectivity index (χ3n) is 1.86. The monoisotopic (exact) mass is 252 g/mol. The van der Waals surface area contributed by atoms with Crippen molar-refractivity contribution < 1.29 is 23.1 Å². The molecule has 1 aromatic carbocycles. The highest BCUT2D eigenvalue weighted by Crippen LogP contribution is 2.37. The van der Waals surface area contributed by atoms with Crippen molar-refractivity contribution in [3.05, 3.63) is 32.8 Å². The van der Waals surface area contributed by atoms with Gasteiger partial charge in [0.1, 0.15) is 5.56 Å². The minimum absolute atomic E-state index is 0.526. The zero-order chi connectivity index (χ0) is 11.3. The van der Waals surface area contributed by atoms with Gasteiger partial charge in [-0.2, -0.15) is 0 Å². The molecule has 0 N–H and O–H groups in total. The molecule has 7 heteroatoms. The van der Waals surface area contributed by atoms with E-state index in [1.807, 2.05) is 0 Å². The first-order chi connectivity index (χ1) is 6.95.